The van der Waals surface area contributed by atoms with Gasteiger partial charge in [0.2, 0.25) is 0 Å². The first kappa shape index (κ1) is 10.9. The second-order valence-corrected chi connectivity index (χ2v) is 2.56. The summed E-state index contributed by atoms with van der Waals surface area (Å²) < 4.78 is 26.2. The summed E-state index contributed by atoms with van der Waals surface area (Å²) in [6.07, 6.45) is 0. The molecule has 0 fully saturated rings. The molecule has 1 amide bonds. The molecule has 1 aromatic carbocycles. The van der Waals surface area contributed by atoms with Gasteiger partial charge in [0.25, 0.3) is 5.91 Å². The van der Waals surface area contributed by atoms with Gasteiger partial charge in [0, 0.05) is 17.5 Å². The van der Waals surface area contributed by atoms with E-state index >= 15 is 0 Å². The summed E-state index contributed by atoms with van der Waals surface area (Å²) in [5.74, 6) is -2.78. The Balaban J connectivity index is 3.31. The number of hydrogen-bond acceptors (Lipinski definition) is 2. The van der Waals surface area contributed by atoms with Gasteiger partial charge in [-0.25, -0.2) is 8.78 Å². The van der Waals surface area contributed by atoms with Crippen molar-refractivity contribution < 1.29 is 13.6 Å². The lowest BCUT2D eigenvalue weighted by Crippen LogP contribution is -2.18. The Bertz CT molecular complexity index is 431. The van der Waals surface area contributed by atoms with E-state index in [1.54, 1.807) is 0 Å². The molecule has 0 bridgehead atoms. The van der Waals surface area contributed by atoms with E-state index in [4.69, 9.17) is 5.53 Å². The summed E-state index contributed by atoms with van der Waals surface area (Å²) in [5.41, 5.74) is 7.12. The topological polar surface area (TPSA) is 77.9 Å². The molecule has 0 heterocycles. The lowest BCUT2D eigenvalue weighted by molar-refractivity contribution is 0.0962. The molecule has 7 heteroatoms. The van der Waals surface area contributed by atoms with E-state index in [1.807, 2.05) is 0 Å². The zero-order valence-electron chi connectivity index (χ0n) is 7.66. The zero-order valence-corrected chi connectivity index (χ0v) is 7.66. The van der Waals surface area contributed by atoms with E-state index < -0.39 is 23.2 Å². The maximum absolute atomic E-state index is 13.1. The van der Waals surface area contributed by atoms with E-state index in [1.165, 1.54) is 7.05 Å². The number of carbonyl (C=O) groups is 1. The molecule has 15 heavy (non-hydrogen) atoms. The van der Waals surface area contributed by atoms with Crippen LogP contribution >= 0.6 is 0 Å². The van der Waals surface area contributed by atoms with Crippen molar-refractivity contribution in [3.8, 4) is 0 Å². The number of halogens is 2. The maximum Gasteiger partial charge on any atom is 0.251 e. The fourth-order valence-electron chi connectivity index (χ4n) is 0.981. The van der Waals surface area contributed by atoms with Gasteiger partial charge in [-0.05, 0) is 17.7 Å². The molecule has 5 nitrogen and oxygen atoms in total. The van der Waals surface area contributed by atoms with Crippen molar-refractivity contribution in [2.75, 3.05) is 7.05 Å². The number of nitrogens with one attached hydrogen (secondary N) is 1. The summed E-state index contributed by atoms with van der Waals surface area (Å²) in [7, 11) is 1.33. The Labute approximate surface area is 83.3 Å². The highest BCUT2D eigenvalue weighted by molar-refractivity contribution is 5.94. The smallest absolute Gasteiger partial charge is 0.251 e. The van der Waals surface area contributed by atoms with Crippen LogP contribution in [0.4, 0.5) is 14.5 Å². The van der Waals surface area contributed by atoms with E-state index in [0.29, 0.717) is 0 Å². The van der Waals surface area contributed by atoms with Crippen LogP contribution in [0, 0.1) is 11.6 Å². The Morgan fingerprint density at radius 3 is 2.40 bits per heavy atom. The molecule has 0 aliphatic heterocycles. The molecule has 1 rings (SSSR count). The van der Waals surface area contributed by atoms with Crippen molar-refractivity contribution in [3.63, 3.8) is 0 Å². The number of carbonyl (C=O) groups excluding carboxylic acids is 1. The van der Waals surface area contributed by atoms with E-state index in [0.717, 1.165) is 12.1 Å². The quantitative estimate of drug-likeness (QED) is 0.455. The monoisotopic (exact) mass is 212 g/mol. The minimum atomic E-state index is -1.08. The SMILES string of the molecule is CNC(=O)c1cc(F)c(N=[N+]=[N-])c(F)c1. The summed E-state index contributed by atoms with van der Waals surface area (Å²) >= 11 is 0. The van der Waals surface area contributed by atoms with Gasteiger partial charge >= 0.3 is 0 Å². The number of rotatable bonds is 2. The second-order valence-electron chi connectivity index (χ2n) is 2.56. The standard InChI is InChI=1S/C8H6F2N4O/c1-12-8(15)4-2-5(9)7(13-14-11)6(10)3-4/h2-3H,1H3,(H,12,15). The molecule has 78 valence electrons. The highest BCUT2D eigenvalue weighted by atomic mass is 19.1. The first-order valence-corrected chi connectivity index (χ1v) is 3.86. The Hall–Kier alpha value is -2.14. The largest absolute Gasteiger partial charge is 0.355 e. The van der Waals surface area contributed by atoms with Crippen molar-refractivity contribution in [2.45, 2.75) is 0 Å². The van der Waals surface area contributed by atoms with Crippen LogP contribution in [0.5, 0.6) is 0 Å². The molecule has 0 aliphatic rings. The van der Waals surface area contributed by atoms with Crippen molar-refractivity contribution in [1.29, 1.82) is 0 Å². The third-order valence-corrected chi connectivity index (χ3v) is 1.65. The summed E-state index contributed by atoms with van der Waals surface area (Å²) in [6.45, 7) is 0. The molecule has 1 N–H and O–H groups in total. The van der Waals surface area contributed by atoms with Crippen molar-refractivity contribution in [3.05, 3.63) is 39.8 Å². The lowest BCUT2D eigenvalue weighted by atomic mass is 10.2. The zero-order chi connectivity index (χ0) is 11.4. The minimum absolute atomic E-state index is 0.176. The maximum atomic E-state index is 13.1. The fraction of sp³-hybridized carbons (Fsp3) is 0.125. The van der Waals surface area contributed by atoms with Gasteiger partial charge in [0.15, 0.2) is 0 Å². The van der Waals surface area contributed by atoms with E-state index in [2.05, 4.69) is 15.3 Å². The second kappa shape index (κ2) is 4.39. The number of hydrogen-bond donors (Lipinski definition) is 1. The number of azide groups is 1. The van der Waals surface area contributed by atoms with Gasteiger partial charge in [-0.15, -0.1) is 0 Å². The van der Waals surface area contributed by atoms with Crippen LogP contribution in [0.1, 0.15) is 10.4 Å². The van der Waals surface area contributed by atoms with Crippen LogP contribution in [-0.4, -0.2) is 13.0 Å². The van der Waals surface area contributed by atoms with Crippen LogP contribution in [0.25, 0.3) is 10.4 Å². The number of amides is 1. The average Bonchev–Trinajstić information content (AvgIpc) is 2.22. The van der Waals surface area contributed by atoms with Crippen molar-refractivity contribution in [2.24, 2.45) is 5.11 Å². The first-order chi connectivity index (χ1) is 7.10. The highest BCUT2D eigenvalue weighted by Gasteiger charge is 2.12. The molecule has 0 radical (unpaired) electrons. The summed E-state index contributed by atoms with van der Waals surface area (Å²) in [5, 5.41) is 5.04. The van der Waals surface area contributed by atoms with Crippen LogP contribution in [0.15, 0.2) is 17.2 Å². The summed E-state index contributed by atoms with van der Waals surface area (Å²) in [6, 6.07) is 1.60. The Morgan fingerprint density at radius 2 is 2.00 bits per heavy atom. The number of nitrogens with zero attached hydrogens (tertiary/aromatic N) is 3. The predicted molar refractivity (Wildman–Crippen MR) is 48.6 cm³/mol. The van der Waals surface area contributed by atoms with Crippen LogP contribution < -0.4 is 5.32 Å². The normalized spacial score (nSPS) is 9.27. The molecule has 0 atom stereocenters. The molecule has 1 aromatic rings. The molecule has 0 aromatic heterocycles. The van der Waals surface area contributed by atoms with Crippen LogP contribution in [0.3, 0.4) is 0 Å². The van der Waals surface area contributed by atoms with Gasteiger partial charge < -0.3 is 5.32 Å². The average molecular weight is 212 g/mol. The molecule has 0 spiro atoms. The molecule has 0 aliphatic carbocycles. The Kier molecular flexibility index (Phi) is 3.20. The van der Waals surface area contributed by atoms with Gasteiger partial charge in [0.05, 0.1) is 0 Å². The fourth-order valence-corrected chi connectivity index (χ4v) is 0.981. The Morgan fingerprint density at radius 1 is 1.47 bits per heavy atom. The van der Waals surface area contributed by atoms with Crippen molar-refractivity contribution >= 4 is 11.6 Å². The molecular formula is C8H6F2N4O. The molecule has 0 saturated carbocycles. The molecule has 0 saturated heterocycles. The van der Waals surface area contributed by atoms with Gasteiger partial charge in [-0.1, -0.05) is 5.11 Å². The van der Waals surface area contributed by atoms with Crippen LogP contribution in [0.2, 0.25) is 0 Å². The summed E-state index contributed by atoms with van der Waals surface area (Å²) in [4.78, 5) is 13.3. The predicted octanol–water partition coefficient (Wildman–Crippen LogP) is 2.27. The third-order valence-electron chi connectivity index (χ3n) is 1.65. The molecule has 0 unspecified atom stereocenters. The van der Waals surface area contributed by atoms with E-state index in [9.17, 15) is 13.6 Å². The molecular weight excluding hydrogens is 206 g/mol. The van der Waals surface area contributed by atoms with Crippen molar-refractivity contribution in [1.82, 2.24) is 5.32 Å². The lowest BCUT2D eigenvalue weighted by Gasteiger charge is -2.02. The number of benzene rings is 1. The van der Waals surface area contributed by atoms with Gasteiger partial charge in [-0.2, -0.15) is 0 Å². The van der Waals surface area contributed by atoms with Gasteiger partial charge in [0.1, 0.15) is 17.3 Å². The van der Waals surface area contributed by atoms with Gasteiger partial charge in [-0.3, -0.25) is 4.79 Å². The first-order valence-electron chi connectivity index (χ1n) is 3.86. The van der Waals surface area contributed by atoms with Crippen LogP contribution in [-0.2, 0) is 0 Å². The van der Waals surface area contributed by atoms with E-state index in [-0.39, 0.29) is 5.56 Å². The minimum Gasteiger partial charge on any atom is -0.355 e. The highest BCUT2D eigenvalue weighted by Crippen LogP contribution is 2.23. The third kappa shape index (κ3) is 2.21.